The average Bonchev–Trinajstić information content (AvgIpc) is 3.06. The Bertz CT molecular complexity index is 1050. The van der Waals surface area contributed by atoms with Gasteiger partial charge in [0.05, 0.1) is 30.3 Å². The first-order chi connectivity index (χ1) is 14.4. The molecule has 1 fully saturated rings. The zero-order chi connectivity index (χ0) is 21.3. The number of carbonyl (C=O) groups is 1. The first-order valence-corrected chi connectivity index (χ1v) is 10.3. The molecule has 0 unspecified atom stereocenters. The summed E-state index contributed by atoms with van der Waals surface area (Å²) in [5.41, 5.74) is 3.18. The molecule has 1 aliphatic rings. The van der Waals surface area contributed by atoms with Crippen LogP contribution in [0, 0.1) is 6.92 Å². The number of nitrogens with zero attached hydrogens (tertiary/aromatic N) is 4. The number of hydrogen-bond donors (Lipinski definition) is 2. The van der Waals surface area contributed by atoms with Gasteiger partial charge in [-0.1, -0.05) is 0 Å². The van der Waals surface area contributed by atoms with Crippen LogP contribution in [0.25, 0.3) is 5.65 Å². The molecule has 1 saturated heterocycles. The number of hydrogen-bond acceptors (Lipinski definition) is 6. The molecule has 2 N–H and O–H groups in total. The van der Waals surface area contributed by atoms with Gasteiger partial charge in [-0.2, -0.15) is 0 Å². The van der Waals surface area contributed by atoms with Crippen LogP contribution in [0.1, 0.15) is 36.8 Å². The van der Waals surface area contributed by atoms with E-state index in [-0.39, 0.29) is 5.91 Å². The molecule has 0 aliphatic carbocycles. The van der Waals surface area contributed by atoms with Crippen molar-refractivity contribution in [1.82, 2.24) is 19.7 Å². The molecular formula is C22H28N6O2. The number of ether oxygens (including phenoxy) is 1. The molecule has 2 aromatic heterocycles. The molecule has 30 heavy (non-hydrogen) atoms. The lowest BCUT2D eigenvalue weighted by Crippen LogP contribution is -2.54. The number of aromatic nitrogens is 3. The van der Waals surface area contributed by atoms with E-state index in [0.717, 1.165) is 30.1 Å². The third-order valence-corrected chi connectivity index (χ3v) is 5.14. The van der Waals surface area contributed by atoms with Gasteiger partial charge in [0.15, 0.2) is 5.65 Å². The molecule has 0 radical (unpaired) electrons. The Hall–Kier alpha value is -3.13. The van der Waals surface area contributed by atoms with E-state index in [0.29, 0.717) is 35.8 Å². The first kappa shape index (κ1) is 20.2. The monoisotopic (exact) mass is 408 g/mol. The van der Waals surface area contributed by atoms with E-state index in [1.54, 1.807) is 12.4 Å². The van der Waals surface area contributed by atoms with E-state index in [1.165, 1.54) is 0 Å². The second-order valence-corrected chi connectivity index (χ2v) is 7.86. The molecule has 0 spiro atoms. The summed E-state index contributed by atoms with van der Waals surface area (Å²) in [5.74, 6) is 0.780. The summed E-state index contributed by atoms with van der Waals surface area (Å²) < 4.78 is 7.66. The molecular weight excluding hydrogens is 380 g/mol. The summed E-state index contributed by atoms with van der Waals surface area (Å²) in [6.45, 7) is 10.5. The number of carbonyl (C=O) groups excluding carboxylic acids is 1. The van der Waals surface area contributed by atoms with Gasteiger partial charge in [-0.3, -0.25) is 4.79 Å². The van der Waals surface area contributed by atoms with Crippen LogP contribution in [0.4, 0.5) is 11.5 Å². The highest BCUT2D eigenvalue weighted by Crippen LogP contribution is 2.28. The second-order valence-electron chi connectivity index (χ2n) is 7.86. The number of nitrogens with one attached hydrogen (secondary N) is 2. The zero-order valence-electron chi connectivity index (χ0n) is 17.8. The van der Waals surface area contributed by atoms with Gasteiger partial charge in [0.2, 0.25) is 0 Å². The van der Waals surface area contributed by atoms with E-state index < -0.39 is 0 Å². The Morgan fingerprint density at radius 3 is 2.77 bits per heavy atom. The molecule has 8 heteroatoms. The minimum atomic E-state index is -0.254. The van der Waals surface area contributed by atoms with Crippen molar-refractivity contribution in [2.45, 2.75) is 39.8 Å². The summed E-state index contributed by atoms with van der Waals surface area (Å²) >= 11 is 0. The highest BCUT2D eigenvalue weighted by Gasteiger charge is 2.23. The van der Waals surface area contributed by atoms with Crippen LogP contribution in [0.3, 0.4) is 0 Å². The van der Waals surface area contributed by atoms with E-state index in [2.05, 4.69) is 39.3 Å². The first-order valence-electron chi connectivity index (χ1n) is 10.3. The number of fused-ring (bicyclic) bond motifs is 1. The van der Waals surface area contributed by atoms with Crippen LogP contribution in [-0.2, 0) is 0 Å². The highest BCUT2D eigenvalue weighted by molar-refractivity contribution is 6.06. The maximum Gasteiger partial charge on any atom is 0.260 e. The quantitative estimate of drug-likeness (QED) is 0.675. The van der Waals surface area contributed by atoms with Crippen molar-refractivity contribution in [2.24, 2.45) is 0 Å². The summed E-state index contributed by atoms with van der Waals surface area (Å²) in [7, 11) is 0. The minimum absolute atomic E-state index is 0.254. The largest absolute Gasteiger partial charge is 0.493 e. The van der Waals surface area contributed by atoms with Crippen LogP contribution in [0.5, 0.6) is 5.75 Å². The van der Waals surface area contributed by atoms with Gasteiger partial charge >= 0.3 is 0 Å². The van der Waals surface area contributed by atoms with Gasteiger partial charge in [0.25, 0.3) is 5.91 Å². The zero-order valence-corrected chi connectivity index (χ0v) is 17.8. The van der Waals surface area contributed by atoms with Crippen molar-refractivity contribution >= 4 is 23.1 Å². The molecule has 4 rings (SSSR count). The van der Waals surface area contributed by atoms with Gasteiger partial charge in [-0.15, -0.1) is 0 Å². The summed E-state index contributed by atoms with van der Waals surface area (Å²) in [4.78, 5) is 23.9. The topological polar surface area (TPSA) is 83.8 Å². The van der Waals surface area contributed by atoms with Crippen molar-refractivity contribution in [3.63, 3.8) is 0 Å². The lowest BCUT2D eigenvalue weighted by atomic mass is 10.1. The number of anilines is 2. The normalized spacial score (nSPS) is 19.1. The number of imidazole rings is 1. The fourth-order valence-corrected chi connectivity index (χ4v) is 3.98. The SMILES string of the molecule is CCOc1cc(N2C[C@@H](C)N[C@@H](C)C2)ccc1C(=O)Nc1cn2cc(C)nc2cn1. The van der Waals surface area contributed by atoms with Gasteiger partial charge in [-0.25, -0.2) is 9.97 Å². The van der Waals surface area contributed by atoms with Gasteiger partial charge < -0.3 is 24.7 Å². The van der Waals surface area contributed by atoms with Gasteiger partial charge in [0.1, 0.15) is 11.6 Å². The van der Waals surface area contributed by atoms with Crippen molar-refractivity contribution in [3.05, 3.63) is 48.0 Å². The summed E-state index contributed by atoms with van der Waals surface area (Å²) in [6, 6.07) is 6.57. The average molecular weight is 409 g/mol. The number of piperazine rings is 1. The Kier molecular flexibility index (Phi) is 5.59. The maximum atomic E-state index is 13.0. The van der Waals surface area contributed by atoms with Crippen LogP contribution in [0.15, 0.2) is 36.8 Å². The van der Waals surface area contributed by atoms with E-state index in [4.69, 9.17) is 4.74 Å². The Balaban J connectivity index is 1.57. The third-order valence-electron chi connectivity index (χ3n) is 5.14. The van der Waals surface area contributed by atoms with Crippen molar-refractivity contribution in [3.8, 4) is 5.75 Å². The molecule has 1 amide bonds. The lowest BCUT2D eigenvalue weighted by Gasteiger charge is -2.37. The third kappa shape index (κ3) is 4.23. The number of amides is 1. The van der Waals surface area contributed by atoms with Crippen LogP contribution in [-0.4, -0.2) is 52.1 Å². The summed E-state index contributed by atoms with van der Waals surface area (Å²) in [5, 5.41) is 6.41. The smallest absolute Gasteiger partial charge is 0.260 e. The van der Waals surface area contributed by atoms with Crippen LogP contribution >= 0.6 is 0 Å². The summed E-state index contributed by atoms with van der Waals surface area (Å²) in [6.07, 6.45) is 5.29. The molecule has 0 saturated carbocycles. The Morgan fingerprint density at radius 1 is 1.27 bits per heavy atom. The molecule has 3 aromatic rings. The van der Waals surface area contributed by atoms with Crippen molar-refractivity contribution in [2.75, 3.05) is 29.9 Å². The fourth-order valence-electron chi connectivity index (χ4n) is 3.98. The van der Waals surface area contributed by atoms with E-state index in [9.17, 15) is 4.79 Å². The van der Waals surface area contributed by atoms with E-state index in [1.807, 2.05) is 42.6 Å². The highest BCUT2D eigenvalue weighted by atomic mass is 16.5. The lowest BCUT2D eigenvalue weighted by molar-refractivity contribution is 0.102. The number of rotatable bonds is 5. The number of benzene rings is 1. The molecule has 1 aliphatic heterocycles. The van der Waals surface area contributed by atoms with Gasteiger partial charge in [0, 0.05) is 43.1 Å². The molecule has 1 aromatic carbocycles. The van der Waals surface area contributed by atoms with Crippen molar-refractivity contribution in [1.29, 1.82) is 0 Å². The second kappa shape index (κ2) is 8.31. The molecule has 0 bridgehead atoms. The molecule has 158 valence electrons. The van der Waals surface area contributed by atoms with Crippen LogP contribution < -0.4 is 20.3 Å². The minimum Gasteiger partial charge on any atom is -0.493 e. The fraction of sp³-hybridized carbons (Fsp3) is 0.409. The van der Waals surface area contributed by atoms with Crippen LogP contribution in [0.2, 0.25) is 0 Å². The predicted octanol–water partition coefficient (Wildman–Crippen LogP) is 2.88. The maximum absolute atomic E-state index is 13.0. The van der Waals surface area contributed by atoms with Gasteiger partial charge in [-0.05, 0) is 39.8 Å². The predicted molar refractivity (Wildman–Crippen MR) is 118 cm³/mol. The Morgan fingerprint density at radius 2 is 2.03 bits per heavy atom. The standard InChI is InChI=1S/C22H28N6O2/c1-5-30-19-8-17(27-10-14(2)24-15(3)11-27)6-7-18(19)22(29)26-20-13-28-12-16(4)25-21(28)9-23-20/h6-9,12-15,24H,5,10-11H2,1-4H3,(H,26,29)/t14-,15+. The number of aryl methyl sites for hydroxylation is 1. The molecule has 2 atom stereocenters. The Labute approximate surface area is 176 Å². The van der Waals surface area contributed by atoms with Crippen molar-refractivity contribution < 1.29 is 9.53 Å². The molecule has 8 nitrogen and oxygen atoms in total. The van der Waals surface area contributed by atoms with E-state index >= 15 is 0 Å². The molecule has 3 heterocycles.